The van der Waals surface area contributed by atoms with E-state index in [-0.39, 0.29) is 24.0 Å². The maximum absolute atomic E-state index is 13.3. The van der Waals surface area contributed by atoms with Gasteiger partial charge in [-0.25, -0.2) is 9.28 Å². The maximum atomic E-state index is 13.3. The molecule has 3 N–H and O–H groups in total. The Morgan fingerprint density at radius 1 is 0.969 bits per heavy atom. The van der Waals surface area contributed by atoms with Gasteiger partial charge in [0.2, 0.25) is 0 Å². The van der Waals surface area contributed by atoms with Crippen molar-refractivity contribution in [3.8, 4) is 0 Å². The number of quaternary nitrogens is 1. The summed E-state index contributed by atoms with van der Waals surface area (Å²) < 4.78 is 0.470. The number of hydrogen-bond donors (Lipinski definition) is 3. The molecular weight excluding hydrogens is 400 g/mol. The van der Waals surface area contributed by atoms with Crippen LogP contribution in [-0.2, 0) is 0 Å². The van der Waals surface area contributed by atoms with Gasteiger partial charge in [0.05, 0.1) is 25.2 Å². The lowest BCUT2D eigenvalue weighted by Crippen LogP contribution is -2.63. The molecule has 1 aromatic heterocycles. The summed E-state index contributed by atoms with van der Waals surface area (Å²) in [4.78, 5) is 29.6. The van der Waals surface area contributed by atoms with Crippen LogP contribution in [-0.4, -0.2) is 47.1 Å². The van der Waals surface area contributed by atoms with Crippen LogP contribution >= 0.6 is 0 Å². The first-order chi connectivity index (χ1) is 15.5. The molecule has 1 saturated heterocycles. The molecule has 0 aliphatic carbocycles. The minimum atomic E-state index is -0.323. The first-order valence-corrected chi connectivity index (χ1v) is 11.6. The maximum Gasteiger partial charge on any atom is 0.416 e. The quantitative estimate of drug-likeness (QED) is 0.491. The van der Waals surface area contributed by atoms with E-state index in [0.29, 0.717) is 16.7 Å². The fourth-order valence-corrected chi connectivity index (χ4v) is 4.75. The van der Waals surface area contributed by atoms with Crippen LogP contribution in [0.4, 0.5) is 4.79 Å². The molecule has 2 heterocycles. The van der Waals surface area contributed by atoms with E-state index in [4.69, 9.17) is 0 Å². The molecule has 2 aromatic carbocycles. The van der Waals surface area contributed by atoms with Gasteiger partial charge >= 0.3 is 6.03 Å². The summed E-state index contributed by atoms with van der Waals surface area (Å²) >= 11 is 0. The lowest BCUT2D eigenvalue weighted by atomic mass is 10.0. The minimum absolute atomic E-state index is 0.0560. The van der Waals surface area contributed by atoms with Gasteiger partial charge in [-0.3, -0.25) is 4.79 Å². The highest BCUT2D eigenvalue weighted by molar-refractivity contribution is 5.98. The molecule has 0 saturated carbocycles. The van der Waals surface area contributed by atoms with Crippen LogP contribution in [0, 0.1) is 0 Å². The van der Waals surface area contributed by atoms with Crippen molar-refractivity contribution < 1.29 is 14.1 Å². The van der Waals surface area contributed by atoms with Crippen molar-refractivity contribution in [3.63, 3.8) is 0 Å². The third-order valence-electron chi connectivity index (χ3n) is 6.75. The third kappa shape index (κ3) is 4.55. The van der Waals surface area contributed by atoms with Crippen molar-refractivity contribution in [1.29, 1.82) is 0 Å². The van der Waals surface area contributed by atoms with Crippen molar-refractivity contribution in [2.24, 2.45) is 0 Å². The molecule has 0 bridgehead atoms. The molecule has 1 atom stereocenters. The molecule has 3 aromatic rings. The zero-order valence-corrected chi connectivity index (χ0v) is 18.9. The second-order valence-electron chi connectivity index (χ2n) is 9.03. The molecule has 168 valence electrons. The highest BCUT2D eigenvalue weighted by Crippen LogP contribution is 2.24. The average Bonchev–Trinajstić information content (AvgIpc) is 3.27. The predicted octanol–water partition coefficient (Wildman–Crippen LogP) is 4.76. The second-order valence-corrected chi connectivity index (χ2v) is 9.03. The van der Waals surface area contributed by atoms with Gasteiger partial charge in [0.15, 0.2) is 0 Å². The topological polar surface area (TPSA) is 74.0 Å². The molecule has 0 spiro atoms. The van der Waals surface area contributed by atoms with Gasteiger partial charge in [0.25, 0.3) is 5.91 Å². The standard InChI is InChI=1S/C26H32N4O2/c1-19(2)30(15-9-4-10-16-30)26(32)27-18-24(20-11-5-3-6-12-20)29-25(31)23-17-21-13-7-8-14-22(21)28-23/h3,5-8,11-14,17,19,24H,4,9-10,15-16,18H2,1-2H3,(H2-,27,28,29,31,32)/p+1/t24-/m0/s1. The van der Waals surface area contributed by atoms with Gasteiger partial charge in [-0.1, -0.05) is 48.5 Å². The van der Waals surface area contributed by atoms with E-state index >= 15 is 0 Å². The number of H-pyrrole nitrogens is 1. The van der Waals surface area contributed by atoms with E-state index in [1.165, 1.54) is 6.42 Å². The fraction of sp³-hybridized carbons (Fsp3) is 0.385. The number of carbonyl (C=O) groups excluding carboxylic acids is 2. The normalized spacial score (nSPS) is 16.6. The predicted molar refractivity (Wildman–Crippen MR) is 127 cm³/mol. The molecule has 0 unspecified atom stereocenters. The Hall–Kier alpha value is -3.12. The summed E-state index contributed by atoms with van der Waals surface area (Å²) in [5.41, 5.74) is 2.41. The molecule has 3 amide bonds. The number of nitrogens with zero attached hydrogens (tertiary/aromatic N) is 1. The summed E-state index contributed by atoms with van der Waals surface area (Å²) in [6.45, 7) is 6.35. The van der Waals surface area contributed by atoms with Crippen molar-refractivity contribution in [3.05, 3.63) is 71.9 Å². The number of urea groups is 1. The lowest BCUT2D eigenvalue weighted by Gasteiger charge is -2.42. The summed E-state index contributed by atoms with van der Waals surface area (Å²) in [6, 6.07) is 19.5. The lowest BCUT2D eigenvalue weighted by molar-refractivity contribution is -0.876. The van der Waals surface area contributed by atoms with Crippen LogP contribution in [0.2, 0.25) is 0 Å². The van der Waals surface area contributed by atoms with Gasteiger partial charge < -0.3 is 15.6 Å². The number of aromatic nitrogens is 1. The van der Waals surface area contributed by atoms with Gasteiger partial charge in [-0.15, -0.1) is 0 Å². The molecule has 0 radical (unpaired) electrons. The van der Waals surface area contributed by atoms with Crippen LogP contribution < -0.4 is 10.6 Å². The number of likely N-dealkylation sites (tertiary alicyclic amines) is 1. The van der Waals surface area contributed by atoms with Crippen LogP contribution in [0.5, 0.6) is 0 Å². The minimum Gasteiger partial charge on any atom is -0.351 e. The number of hydrogen-bond acceptors (Lipinski definition) is 2. The van der Waals surface area contributed by atoms with Gasteiger partial charge in [-0.05, 0) is 50.8 Å². The molecular formula is C26H33N4O2+. The van der Waals surface area contributed by atoms with Gasteiger partial charge in [-0.2, -0.15) is 0 Å². The van der Waals surface area contributed by atoms with E-state index < -0.39 is 0 Å². The Kier molecular flexibility index (Phi) is 6.61. The van der Waals surface area contributed by atoms with Crippen LogP contribution in [0.1, 0.15) is 55.2 Å². The van der Waals surface area contributed by atoms with Crippen LogP contribution in [0.15, 0.2) is 60.7 Å². The molecule has 4 rings (SSSR count). The second kappa shape index (κ2) is 9.57. The number of piperidine rings is 1. The Morgan fingerprint density at radius 3 is 2.34 bits per heavy atom. The molecule has 32 heavy (non-hydrogen) atoms. The summed E-state index contributed by atoms with van der Waals surface area (Å²) in [5.74, 6) is -0.185. The first kappa shape index (κ1) is 22.1. The van der Waals surface area contributed by atoms with E-state index in [2.05, 4.69) is 29.5 Å². The molecule has 6 heteroatoms. The zero-order chi connectivity index (χ0) is 22.6. The Balaban J connectivity index is 1.51. The highest BCUT2D eigenvalue weighted by atomic mass is 16.2. The Bertz CT molecular complexity index is 1030. The molecule has 1 aliphatic heterocycles. The molecule has 1 aliphatic rings. The van der Waals surface area contributed by atoms with Crippen LogP contribution in [0.25, 0.3) is 10.9 Å². The Morgan fingerprint density at radius 2 is 1.66 bits per heavy atom. The number of para-hydroxylation sites is 1. The molecule has 6 nitrogen and oxygen atoms in total. The van der Waals surface area contributed by atoms with Crippen molar-refractivity contribution >= 4 is 22.8 Å². The largest absolute Gasteiger partial charge is 0.416 e. The van der Waals surface area contributed by atoms with E-state index in [1.54, 1.807) is 0 Å². The van der Waals surface area contributed by atoms with Crippen molar-refractivity contribution in [2.45, 2.75) is 45.2 Å². The fourth-order valence-electron chi connectivity index (χ4n) is 4.75. The number of fused-ring (bicyclic) bond motifs is 1. The van der Waals surface area contributed by atoms with Gasteiger partial charge in [0, 0.05) is 17.4 Å². The number of nitrogens with one attached hydrogen (secondary N) is 3. The number of benzene rings is 2. The van der Waals surface area contributed by atoms with Crippen molar-refractivity contribution in [2.75, 3.05) is 19.6 Å². The SMILES string of the molecule is CC(C)[N+]1(C(=O)NC[C@H](NC(=O)c2cc3ccccc3[nH]2)c2ccccc2)CCCCC1. The number of carbonyl (C=O) groups is 2. The van der Waals surface area contributed by atoms with E-state index in [0.717, 1.165) is 42.4 Å². The average molecular weight is 434 g/mol. The van der Waals surface area contributed by atoms with Gasteiger partial charge in [0.1, 0.15) is 5.69 Å². The smallest absolute Gasteiger partial charge is 0.351 e. The molecule has 1 fully saturated rings. The van der Waals surface area contributed by atoms with E-state index in [9.17, 15) is 9.59 Å². The summed E-state index contributed by atoms with van der Waals surface area (Å²) in [6.07, 6.45) is 3.34. The van der Waals surface area contributed by atoms with E-state index in [1.807, 2.05) is 60.7 Å². The summed E-state index contributed by atoms with van der Waals surface area (Å²) in [5, 5.41) is 7.28. The number of aromatic amines is 1. The monoisotopic (exact) mass is 433 g/mol. The third-order valence-corrected chi connectivity index (χ3v) is 6.75. The summed E-state index contributed by atoms with van der Waals surface area (Å²) in [7, 11) is 0. The van der Waals surface area contributed by atoms with Crippen molar-refractivity contribution in [1.82, 2.24) is 15.6 Å². The zero-order valence-electron chi connectivity index (χ0n) is 18.9. The first-order valence-electron chi connectivity index (χ1n) is 11.6. The number of rotatable bonds is 6. The Labute approximate surface area is 189 Å². The highest BCUT2D eigenvalue weighted by Gasteiger charge is 2.41. The van der Waals surface area contributed by atoms with Crippen LogP contribution in [0.3, 0.4) is 0 Å². The number of amides is 3.